The van der Waals surface area contributed by atoms with E-state index in [1.54, 1.807) is 0 Å². The molecule has 0 radical (unpaired) electrons. The van der Waals surface area contributed by atoms with Gasteiger partial charge in [0.25, 0.3) is 0 Å². The molecule has 1 N–H and O–H groups in total. The molecule has 1 heterocycles. The number of halogens is 1. The number of nitrogens with zero attached hydrogens (tertiary/aromatic N) is 3. The first-order valence-electron chi connectivity index (χ1n) is 9.96. The van der Waals surface area contributed by atoms with E-state index in [1.807, 2.05) is 18.2 Å². The number of benzene rings is 1. The minimum Gasteiger partial charge on any atom is -0.356 e. The van der Waals surface area contributed by atoms with Gasteiger partial charge in [0.05, 0.1) is 5.52 Å². The summed E-state index contributed by atoms with van der Waals surface area (Å²) in [6.07, 6.45) is 3.75. The molecule has 0 aliphatic heterocycles. The third kappa shape index (κ3) is 5.32. The molecule has 1 aliphatic rings. The summed E-state index contributed by atoms with van der Waals surface area (Å²) in [6, 6.07) is 5.78. The number of fused-ring (bicyclic) bond motifs is 1. The van der Waals surface area contributed by atoms with Gasteiger partial charge >= 0.3 is 0 Å². The highest BCUT2D eigenvalue weighted by Crippen LogP contribution is 2.40. The quantitative estimate of drug-likeness (QED) is 0.685. The maximum atomic E-state index is 12.2. The summed E-state index contributed by atoms with van der Waals surface area (Å²) in [5.41, 5.74) is 0.889. The van der Waals surface area contributed by atoms with Gasteiger partial charge in [0.2, 0.25) is 5.91 Å². The molecule has 0 spiro atoms. The second-order valence-electron chi connectivity index (χ2n) is 7.78. The molecular formula is C21H29ClN4O. The number of amides is 1. The average Bonchev–Trinajstić information content (AvgIpc) is 3.47. The summed E-state index contributed by atoms with van der Waals surface area (Å²) < 4.78 is 0. The van der Waals surface area contributed by atoms with Crippen molar-refractivity contribution in [2.24, 2.45) is 5.92 Å². The van der Waals surface area contributed by atoms with Crippen molar-refractivity contribution < 1.29 is 4.79 Å². The van der Waals surface area contributed by atoms with Crippen molar-refractivity contribution in [1.82, 2.24) is 15.3 Å². The zero-order chi connectivity index (χ0) is 19.4. The predicted molar refractivity (Wildman–Crippen MR) is 111 cm³/mol. The number of hydrogen-bond acceptors (Lipinski definition) is 4. The highest BCUT2D eigenvalue weighted by atomic mass is 35.5. The van der Waals surface area contributed by atoms with Crippen molar-refractivity contribution in [3.8, 4) is 0 Å². The monoisotopic (exact) mass is 388 g/mol. The van der Waals surface area contributed by atoms with Gasteiger partial charge in [0.15, 0.2) is 0 Å². The van der Waals surface area contributed by atoms with Crippen LogP contribution in [0.4, 0.5) is 5.82 Å². The van der Waals surface area contributed by atoms with E-state index < -0.39 is 0 Å². The molecule has 146 valence electrons. The minimum atomic E-state index is 0.0913. The van der Waals surface area contributed by atoms with Crippen molar-refractivity contribution in [3.05, 3.63) is 29.0 Å². The zero-order valence-corrected chi connectivity index (χ0v) is 17.2. The molecule has 0 unspecified atom stereocenters. The Bertz CT molecular complexity index is 804. The lowest BCUT2D eigenvalue weighted by atomic mass is 10.2. The van der Waals surface area contributed by atoms with Crippen molar-refractivity contribution >= 4 is 34.2 Å². The van der Waals surface area contributed by atoms with E-state index >= 15 is 0 Å². The molecule has 0 bridgehead atoms. The molecule has 1 aliphatic carbocycles. The van der Waals surface area contributed by atoms with E-state index in [0.717, 1.165) is 48.4 Å². The number of anilines is 1. The second-order valence-corrected chi connectivity index (χ2v) is 8.21. The lowest BCUT2D eigenvalue weighted by Crippen LogP contribution is -2.33. The molecule has 27 heavy (non-hydrogen) atoms. The molecular weight excluding hydrogens is 360 g/mol. The Morgan fingerprint density at radius 3 is 2.74 bits per heavy atom. The zero-order valence-electron chi connectivity index (χ0n) is 16.5. The largest absolute Gasteiger partial charge is 0.356 e. The molecule has 1 saturated carbocycles. The van der Waals surface area contributed by atoms with Gasteiger partial charge in [-0.2, -0.15) is 0 Å². The second kappa shape index (κ2) is 8.87. The lowest BCUT2D eigenvalue weighted by molar-refractivity contribution is -0.121. The summed E-state index contributed by atoms with van der Waals surface area (Å²) in [6.45, 7) is 8.57. The van der Waals surface area contributed by atoms with Crippen LogP contribution in [0.1, 0.15) is 58.2 Å². The molecule has 3 rings (SSSR count). The molecule has 1 aromatic heterocycles. The molecule has 0 atom stereocenters. The van der Waals surface area contributed by atoms with Crippen LogP contribution in [-0.2, 0) is 4.79 Å². The summed E-state index contributed by atoms with van der Waals surface area (Å²) in [5, 5.41) is 4.68. The van der Waals surface area contributed by atoms with Crippen LogP contribution in [0, 0.1) is 5.92 Å². The highest BCUT2D eigenvalue weighted by Gasteiger charge is 2.28. The highest BCUT2D eigenvalue weighted by molar-refractivity contribution is 6.31. The van der Waals surface area contributed by atoms with Gasteiger partial charge in [0.1, 0.15) is 11.6 Å². The van der Waals surface area contributed by atoms with Gasteiger partial charge in [-0.1, -0.05) is 32.4 Å². The van der Waals surface area contributed by atoms with Crippen molar-refractivity contribution in [2.75, 3.05) is 24.5 Å². The van der Waals surface area contributed by atoms with Crippen LogP contribution in [0.5, 0.6) is 0 Å². The number of carbonyl (C=O) groups is 1. The Hall–Kier alpha value is -1.88. The number of carbonyl (C=O) groups excluding carboxylic acids is 1. The van der Waals surface area contributed by atoms with Gasteiger partial charge < -0.3 is 10.2 Å². The van der Waals surface area contributed by atoms with Gasteiger partial charge in [-0.05, 0) is 43.4 Å². The van der Waals surface area contributed by atoms with Crippen LogP contribution < -0.4 is 10.2 Å². The molecule has 6 heteroatoms. The van der Waals surface area contributed by atoms with E-state index in [0.29, 0.717) is 36.4 Å². The van der Waals surface area contributed by atoms with Crippen LogP contribution in [0.15, 0.2) is 18.2 Å². The predicted octanol–water partition coefficient (Wildman–Crippen LogP) is 4.54. The fourth-order valence-corrected chi connectivity index (χ4v) is 3.27. The Balaban J connectivity index is 1.85. The van der Waals surface area contributed by atoms with Gasteiger partial charge in [0, 0.05) is 42.4 Å². The van der Waals surface area contributed by atoms with Crippen LogP contribution in [-0.4, -0.2) is 35.5 Å². The SMILES string of the molecule is CCCN(CCC(=O)NCC(C)C)c1nc(C2CC2)nc2cc(Cl)ccc12. The third-order valence-electron chi connectivity index (χ3n) is 4.71. The van der Waals surface area contributed by atoms with E-state index in [9.17, 15) is 4.79 Å². The number of aromatic nitrogens is 2. The van der Waals surface area contributed by atoms with E-state index in [1.165, 1.54) is 0 Å². The van der Waals surface area contributed by atoms with E-state index in [-0.39, 0.29) is 5.91 Å². The van der Waals surface area contributed by atoms with E-state index in [2.05, 4.69) is 31.0 Å². The Morgan fingerprint density at radius 2 is 2.07 bits per heavy atom. The first kappa shape index (κ1) is 19.9. The summed E-state index contributed by atoms with van der Waals surface area (Å²) in [4.78, 5) is 24.1. The van der Waals surface area contributed by atoms with E-state index in [4.69, 9.17) is 21.6 Å². The van der Waals surface area contributed by atoms with Crippen molar-refractivity contribution in [2.45, 2.75) is 52.4 Å². The first-order chi connectivity index (χ1) is 13.0. The smallest absolute Gasteiger partial charge is 0.221 e. The molecule has 5 nitrogen and oxygen atoms in total. The first-order valence-corrected chi connectivity index (χ1v) is 10.3. The normalized spacial score (nSPS) is 14.0. The number of rotatable bonds is 9. The molecule has 2 aromatic rings. The fraction of sp³-hybridized carbons (Fsp3) is 0.571. The van der Waals surface area contributed by atoms with Gasteiger partial charge in [-0.3, -0.25) is 4.79 Å². The summed E-state index contributed by atoms with van der Waals surface area (Å²) in [7, 11) is 0. The van der Waals surface area contributed by atoms with Crippen LogP contribution in [0.25, 0.3) is 10.9 Å². The van der Waals surface area contributed by atoms with Crippen LogP contribution in [0.2, 0.25) is 5.02 Å². The molecule has 1 aromatic carbocycles. The maximum Gasteiger partial charge on any atom is 0.221 e. The van der Waals surface area contributed by atoms with Gasteiger partial charge in [-0.15, -0.1) is 0 Å². The maximum absolute atomic E-state index is 12.2. The number of nitrogens with one attached hydrogen (secondary N) is 1. The van der Waals surface area contributed by atoms with Crippen molar-refractivity contribution in [1.29, 1.82) is 0 Å². The van der Waals surface area contributed by atoms with Crippen LogP contribution in [0.3, 0.4) is 0 Å². The minimum absolute atomic E-state index is 0.0913. The average molecular weight is 389 g/mol. The third-order valence-corrected chi connectivity index (χ3v) is 4.94. The topological polar surface area (TPSA) is 58.1 Å². The summed E-state index contributed by atoms with van der Waals surface area (Å²) in [5.74, 6) is 2.85. The molecule has 1 amide bonds. The molecule has 0 saturated heterocycles. The lowest BCUT2D eigenvalue weighted by Gasteiger charge is -2.25. The van der Waals surface area contributed by atoms with Crippen LogP contribution >= 0.6 is 11.6 Å². The fourth-order valence-electron chi connectivity index (χ4n) is 3.11. The standard InChI is InChI=1S/C21H29ClN4O/c1-4-10-26(11-9-19(27)23-13-14(2)3)21-17-8-7-16(22)12-18(17)24-20(25-21)15-5-6-15/h7-8,12,14-15H,4-6,9-11,13H2,1-3H3,(H,23,27). The number of hydrogen-bond donors (Lipinski definition) is 1. The molecule has 1 fully saturated rings. The van der Waals surface area contributed by atoms with Crippen molar-refractivity contribution in [3.63, 3.8) is 0 Å². The van der Waals surface area contributed by atoms with Gasteiger partial charge in [-0.25, -0.2) is 9.97 Å². The Kier molecular flexibility index (Phi) is 6.53. The summed E-state index contributed by atoms with van der Waals surface area (Å²) >= 11 is 6.20. The Morgan fingerprint density at radius 1 is 1.30 bits per heavy atom. The Labute approximate surface area is 166 Å².